The van der Waals surface area contributed by atoms with Crippen LogP contribution in [0.4, 0.5) is 5.69 Å². The predicted octanol–water partition coefficient (Wildman–Crippen LogP) is 5.06. The van der Waals surface area contributed by atoms with Gasteiger partial charge in [0, 0.05) is 39.2 Å². The van der Waals surface area contributed by atoms with Crippen LogP contribution in [0.2, 0.25) is 5.02 Å². The molecule has 1 N–H and O–H groups in total. The Bertz CT molecular complexity index is 1230. The molecule has 5 nitrogen and oxygen atoms in total. The van der Waals surface area contributed by atoms with Crippen LogP contribution in [0.3, 0.4) is 0 Å². The van der Waals surface area contributed by atoms with Crippen molar-refractivity contribution in [3.05, 3.63) is 80.6 Å². The van der Waals surface area contributed by atoms with Crippen molar-refractivity contribution in [2.75, 3.05) is 5.32 Å². The zero-order valence-electron chi connectivity index (χ0n) is 14.9. The molecule has 7 heteroatoms. The molecule has 4 rings (SSSR count). The molecule has 0 aliphatic heterocycles. The van der Waals surface area contributed by atoms with Gasteiger partial charge in [0.1, 0.15) is 10.6 Å². The molecule has 2 aromatic heterocycles. The smallest absolute Gasteiger partial charge is 0.336 e. The summed E-state index contributed by atoms with van der Waals surface area (Å²) in [4.78, 5) is 28.5. The van der Waals surface area contributed by atoms with Crippen molar-refractivity contribution in [3.63, 3.8) is 0 Å². The van der Waals surface area contributed by atoms with E-state index in [1.807, 2.05) is 42.6 Å². The number of halogens is 1. The van der Waals surface area contributed by atoms with Gasteiger partial charge in [-0.1, -0.05) is 23.7 Å². The number of hydrogen-bond acceptors (Lipinski definition) is 5. The number of benzene rings is 2. The first-order valence-corrected chi connectivity index (χ1v) is 9.78. The number of fused-ring (bicyclic) bond motifs is 1. The normalized spacial score (nSPS) is 10.9. The number of hydrogen-bond donors (Lipinski definition) is 1. The van der Waals surface area contributed by atoms with Gasteiger partial charge in [-0.15, -0.1) is 11.3 Å². The fraction of sp³-hybridized carbons (Fsp3) is 0.0952. The Kier molecular flexibility index (Phi) is 4.98. The van der Waals surface area contributed by atoms with E-state index in [0.29, 0.717) is 22.0 Å². The Morgan fingerprint density at radius 3 is 2.75 bits per heavy atom. The molecule has 0 fully saturated rings. The van der Waals surface area contributed by atoms with Crippen molar-refractivity contribution in [3.8, 4) is 10.6 Å². The largest absolute Gasteiger partial charge is 0.423 e. The zero-order valence-corrected chi connectivity index (χ0v) is 16.4. The van der Waals surface area contributed by atoms with Gasteiger partial charge in [0.15, 0.2) is 0 Å². The second-order valence-corrected chi connectivity index (χ2v) is 7.63. The second kappa shape index (κ2) is 7.58. The van der Waals surface area contributed by atoms with E-state index in [-0.39, 0.29) is 12.3 Å². The van der Waals surface area contributed by atoms with E-state index in [4.69, 9.17) is 16.0 Å². The first-order valence-electron chi connectivity index (χ1n) is 8.53. The van der Waals surface area contributed by atoms with Gasteiger partial charge in [-0.05, 0) is 36.8 Å². The van der Waals surface area contributed by atoms with Crippen LogP contribution >= 0.6 is 22.9 Å². The van der Waals surface area contributed by atoms with Crippen molar-refractivity contribution in [1.29, 1.82) is 0 Å². The summed E-state index contributed by atoms with van der Waals surface area (Å²) >= 11 is 7.39. The molecular formula is C21H15ClN2O3S. The van der Waals surface area contributed by atoms with Crippen molar-refractivity contribution in [1.82, 2.24) is 4.98 Å². The summed E-state index contributed by atoms with van der Waals surface area (Å²) in [6.07, 6.45) is 0.153. The standard InChI is InChI=1S/C21H15ClN2O3S/c1-12-8-20(26)27-18-9-15(6-7-17(12)18)23-19(25)10-16-11-28-21(24-16)13-2-4-14(22)5-3-13/h2-9,11H,10H2,1H3,(H,23,25). The van der Waals surface area contributed by atoms with Gasteiger partial charge in [0.2, 0.25) is 5.91 Å². The molecule has 2 heterocycles. The second-order valence-electron chi connectivity index (χ2n) is 6.34. The molecule has 0 unspecified atom stereocenters. The molecule has 0 saturated carbocycles. The number of nitrogens with one attached hydrogen (secondary N) is 1. The molecule has 0 bridgehead atoms. The highest BCUT2D eigenvalue weighted by Crippen LogP contribution is 2.26. The van der Waals surface area contributed by atoms with E-state index >= 15 is 0 Å². The van der Waals surface area contributed by atoms with Crippen LogP contribution in [0.1, 0.15) is 11.3 Å². The lowest BCUT2D eigenvalue weighted by molar-refractivity contribution is -0.115. The monoisotopic (exact) mass is 410 g/mol. The lowest BCUT2D eigenvalue weighted by atomic mass is 10.1. The van der Waals surface area contributed by atoms with Crippen molar-refractivity contribution in [2.45, 2.75) is 13.3 Å². The fourth-order valence-electron chi connectivity index (χ4n) is 2.89. The number of nitrogens with zero attached hydrogens (tertiary/aromatic N) is 1. The lowest BCUT2D eigenvalue weighted by Gasteiger charge is -2.06. The van der Waals surface area contributed by atoms with Crippen LogP contribution in [-0.2, 0) is 11.2 Å². The topological polar surface area (TPSA) is 72.2 Å². The number of carbonyl (C=O) groups excluding carboxylic acids is 1. The third kappa shape index (κ3) is 3.98. The Hall–Kier alpha value is -2.96. The summed E-state index contributed by atoms with van der Waals surface area (Å²) in [5, 5.41) is 7.03. The average Bonchev–Trinajstić information content (AvgIpc) is 3.10. The molecular weight excluding hydrogens is 396 g/mol. The molecule has 2 aromatic carbocycles. The third-order valence-electron chi connectivity index (χ3n) is 4.22. The molecule has 140 valence electrons. The zero-order chi connectivity index (χ0) is 19.7. The summed E-state index contributed by atoms with van der Waals surface area (Å²) in [5.74, 6) is -0.192. The number of aryl methyl sites for hydroxylation is 1. The first kappa shape index (κ1) is 18.4. The summed E-state index contributed by atoms with van der Waals surface area (Å²) in [5.41, 5.74) is 3.09. The highest BCUT2D eigenvalue weighted by molar-refractivity contribution is 7.13. The van der Waals surface area contributed by atoms with Gasteiger partial charge in [-0.2, -0.15) is 0 Å². The molecule has 0 atom stereocenters. The summed E-state index contributed by atoms with van der Waals surface area (Å²) in [7, 11) is 0. The van der Waals surface area contributed by atoms with Crippen LogP contribution in [0.25, 0.3) is 21.5 Å². The number of anilines is 1. The number of aromatic nitrogens is 1. The van der Waals surface area contributed by atoms with E-state index in [2.05, 4.69) is 10.3 Å². The maximum absolute atomic E-state index is 12.4. The van der Waals surface area contributed by atoms with E-state index in [1.165, 1.54) is 17.4 Å². The Labute approximate surface area is 169 Å². The first-order chi connectivity index (χ1) is 13.5. The molecule has 0 aliphatic carbocycles. The van der Waals surface area contributed by atoms with E-state index in [9.17, 15) is 9.59 Å². The molecule has 1 amide bonds. The molecule has 28 heavy (non-hydrogen) atoms. The van der Waals surface area contributed by atoms with E-state index < -0.39 is 5.63 Å². The molecule has 0 radical (unpaired) electrons. The van der Waals surface area contributed by atoms with E-state index in [0.717, 1.165) is 21.5 Å². The number of carbonyl (C=O) groups is 1. The van der Waals surface area contributed by atoms with E-state index in [1.54, 1.807) is 12.1 Å². The SMILES string of the molecule is Cc1cc(=O)oc2cc(NC(=O)Cc3csc(-c4ccc(Cl)cc4)n3)ccc12. The Balaban J connectivity index is 1.48. The third-order valence-corrected chi connectivity index (χ3v) is 5.41. The fourth-order valence-corrected chi connectivity index (χ4v) is 3.84. The number of amides is 1. The van der Waals surface area contributed by atoms with Gasteiger partial charge in [0.05, 0.1) is 12.1 Å². The van der Waals surface area contributed by atoms with Gasteiger partial charge < -0.3 is 9.73 Å². The highest BCUT2D eigenvalue weighted by Gasteiger charge is 2.11. The maximum Gasteiger partial charge on any atom is 0.336 e. The summed E-state index contributed by atoms with van der Waals surface area (Å²) < 4.78 is 5.22. The number of thiazole rings is 1. The maximum atomic E-state index is 12.4. The lowest BCUT2D eigenvalue weighted by Crippen LogP contribution is -2.14. The minimum Gasteiger partial charge on any atom is -0.423 e. The highest BCUT2D eigenvalue weighted by atomic mass is 35.5. The van der Waals surface area contributed by atoms with Crippen molar-refractivity contribution >= 4 is 45.5 Å². The minimum atomic E-state index is -0.411. The van der Waals surface area contributed by atoms with Crippen LogP contribution in [0, 0.1) is 6.92 Å². The van der Waals surface area contributed by atoms with Crippen LogP contribution in [0.15, 0.2) is 63.1 Å². The molecule has 0 spiro atoms. The molecule has 4 aromatic rings. The van der Waals surface area contributed by atoms with Gasteiger partial charge in [0.25, 0.3) is 0 Å². The van der Waals surface area contributed by atoms with Crippen LogP contribution in [-0.4, -0.2) is 10.9 Å². The molecule has 0 saturated heterocycles. The Morgan fingerprint density at radius 1 is 1.18 bits per heavy atom. The van der Waals surface area contributed by atoms with Crippen molar-refractivity contribution < 1.29 is 9.21 Å². The van der Waals surface area contributed by atoms with Gasteiger partial charge >= 0.3 is 5.63 Å². The summed E-state index contributed by atoms with van der Waals surface area (Å²) in [6.45, 7) is 1.85. The van der Waals surface area contributed by atoms with Gasteiger partial charge in [-0.3, -0.25) is 4.79 Å². The van der Waals surface area contributed by atoms with Crippen LogP contribution in [0.5, 0.6) is 0 Å². The van der Waals surface area contributed by atoms with Crippen molar-refractivity contribution in [2.24, 2.45) is 0 Å². The Morgan fingerprint density at radius 2 is 1.96 bits per heavy atom. The predicted molar refractivity (Wildman–Crippen MR) is 112 cm³/mol. The molecule has 0 aliphatic rings. The summed E-state index contributed by atoms with van der Waals surface area (Å²) in [6, 6.07) is 14.1. The minimum absolute atomic E-state index is 0.153. The van der Waals surface area contributed by atoms with Crippen LogP contribution < -0.4 is 10.9 Å². The average molecular weight is 411 g/mol. The quantitative estimate of drug-likeness (QED) is 0.477. The van der Waals surface area contributed by atoms with Gasteiger partial charge in [-0.25, -0.2) is 9.78 Å². The number of rotatable bonds is 4.